The number of nitrogens with zero attached hydrogens (tertiary/aromatic N) is 2. The van der Waals surface area contributed by atoms with Crippen LogP contribution in [0.3, 0.4) is 0 Å². The van der Waals surface area contributed by atoms with Gasteiger partial charge in [0.1, 0.15) is 11.6 Å². The van der Waals surface area contributed by atoms with Crippen molar-refractivity contribution in [2.45, 2.75) is 60.9 Å². The molecule has 2 aliphatic heterocycles. The van der Waals surface area contributed by atoms with Crippen LogP contribution in [0, 0.1) is 0 Å². The molecule has 1 fully saturated rings. The second-order valence-corrected chi connectivity index (χ2v) is 8.93. The van der Waals surface area contributed by atoms with Crippen molar-refractivity contribution in [2.24, 2.45) is 16.5 Å². The van der Waals surface area contributed by atoms with E-state index in [4.69, 9.17) is 11.5 Å². The van der Waals surface area contributed by atoms with Gasteiger partial charge < -0.3 is 32.3 Å². The Labute approximate surface area is 185 Å². The van der Waals surface area contributed by atoms with Gasteiger partial charge in [-0.3, -0.25) is 19.5 Å². The number of aliphatic hydroxyl groups excluding tert-OH is 2. The summed E-state index contributed by atoms with van der Waals surface area (Å²) < 4.78 is 0. The quantitative estimate of drug-likeness (QED) is 0.164. The summed E-state index contributed by atoms with van der Waals surface area (Å²) in [4.78, 5) is 32.7. The lowest BCUT2D eigenvalue weighted by Gasteiger charge is -2.28. The minimum atomic E-state index is -0.884. The number of Topliss-reactive ketones (excluding diaryl/α,β-unsaturated/α-hetero) is 1. The topological polar surface area (TPSA) is 166 Å². The molecule has 0 spiro atoms. The third kappa shape index (κ3) is 5.88. The highest BCUT2D eigenvalue weighted by atomic mass is 32.2. The van der Waals surface area contributed by atoms with E-state index in [2.05, 4.69) is 15.6 Å². The number of anilines is 1. The van der Waals surface area contributed by atoms with E-state index in [0.29, 0.717) is 19.4 Å². The maximum Gasteiger partial charge on any atom is 0.238 e. The number of fused-ring (bicyclic) bond motifs is 1. The number of carbonyl (C=O) groups is 2. The van der Waals surface area contributed by atoms with Crippen molar-refractivity contribution in [3.8, 4) is 0 Å². The number of para-hydroxylation sites is 1. The van der Waals surface area contributed by atoms with Crippen LogP contribution in [0.2, 0.25) is 0 Å². The number of likely N-dealkylation sites (tertiary alicyclic amines) is 1. The standard InChI is InChI=1S/C20H30N6O4S/c1-11(27)26-10-12(28)9-15(26)18(30)24-14(6-4-8-23-20(21)22)17(29)19-25-13-5-2-3-7-16(13)31-19/h2-3,5,7,11-12,14-15,19,25,27-28H,4,6,8-10H2,1H3,(H,24,30)(H4,21,22,23)/t11?,12-,14+,15+,19?/m1/s1. The molecular formula is C20H30N6O4S. The fourth-order valence-corrected chi connectivity index (χ4v) is 5.00. The molecule has 2 unspecified atom stereocenters. The average Bonchev–Trinajstić information content (AvgIpc) is 3.33. The minimum absolute atomic E-state index is 0.0251. The minimum Gasteiger partial charge on any atom is -0.392 e. The highest BCUT2D eigenvalue weighted by molar-refractivity contribution is 8.01. The molecule has 2 aliphatic rings. The number of guanidine groups is 1. The predicted molar refractivity (Wildman–Crippen MR) is 119 cm³/mol. The Morgan fingerprint density at radius 2 is 2.13 bits per heavy atom. The molecule has 5 atom stereocenters. The van der Waals surface area contributed by atoms with Crippen LogP contribution in [0.5, 0.6) is 0 Å². The number of amides is 1. The van der Waals surface area contributed by atoms with Crippen LogP contribution >= 0.6 is 11.8 Å². The lowest BCUT2D eigenvalue weighted by molar-refractivity contribution is -0.132. The van der Waals surface area contributed by atoms with Crippen LogP contribution in [0.15, 0.2) is 34.2 Å². The van der Waals surface area contributed by atoms with Gasteiger partial charge in [0.15, 0.2) is 11.7 Å². The lowest BCUT2D eigenvalue weighted by atomic mass is 10.0. The number of nitrogens with one attached hydrogen (secondary N) is 2. The number of thioether (sulfide) groups is 1. The summed E-state index contributed by atoms with van der Waals surface area (Å²) in [6.45, 7) is 2.09. The van der Waals surface area contributed by atoms with Gasteiger partial charge in [0.2, 0.25) is 5.91 Å². The molecule has 0 bridgehead atoms. The van der Waals surface area contributed by atoms with Gasteiger partial charge in [-0.1, -0.05) is 23.9 Å². The Hall–Kier alpha value is -2.34. The third-order valence-corrected chi connectivity index (χ3v) is 6.58. The molecule has 11 heteroatoms. The van der Waals surface area contributed by atoms with Crippen LogP contribution < -0.4 is 22.1 Å². The number of aliphatic hydroxyl groups is 2. The highest BCUT2D eigenvalue weighted by Gasteiger charge is 2.40. The second kappa shape index (κ2) is 10.3. The van der Waals surface area contributed by atoms with Gasteiger partial charge in [-0.25, -0.2) is 0 Å². The number of ketones is 1. The van der Waals surface area contributed by atoms with E-state index in [1.807, 2.05) is 24.3 Å². The van der Waals surface area contributed by atoms with Crippen molar-refractivity contribution >= 4 is 35.1 Å². The first-order valence-corrected chi connectivity index (χ1v) is 11.2. The van der Waals surface area contributed by atoms with E-state index in [1.54, 1.807) is 6.92 Å². The zero-order chi connectivity index (χ0) is 22.5. The SMILES string of the molecule is CC(O)N1C[C@H](O)C[C@H]1C(=O)N[C@@H](CCCN=C(N)N)C(=O)C1Nc2ccccc2S1. The number of carbonyl (C=O) groups excluding carboxylic acids is 2. The first-order valence-electron chi connectivity index (χ1n) is 10.3. The predicted octanol–water partition coefficient (Wildman–Crippen LogP) is -0.589. The van der Waals surface area contributed by atoms with Crippen LogP contribution in [0.25, 0.3) is 0 Å². The van der Waals surface area contributed by atoms with E-state index in [1.165, 1.54) is 16.7 Å². The van der Waals surface area contributed by atoms with Crippen molar-refractivity contribution in [2.75, 3.05) is 18.4 Å². The second-order valence-electron chi connectivity index (χ2n) is 7.78. The van der Waals surface area contributed by atoms with Gasteiger partial charge in [-0.2, -0.15) is 0 Å². The molecule has 1 saturated heterocycles. The Kier molecular flexibility index (Phi) is 7.76. The van der Waals surface area contributed by atoms with Gasteiger partial charge in [-0.15, -0.1) is 0 Å². The van der Waals surface area contributed by atoms with Gasteiger partial charge in [-0.05, 0) is 38.3 Å². The first kappa shape index (κ1) is 23.3. The van der Waals surface area contributed by atoms with E-state index in [9.17, 15) is 19.8 Å². The smallest absolute Gasteiger partial charge is 0.238 e. The molecule has 31 heavy (non-hydrogen) atoms. The molecule has 1 aromatic rings. The summed E-state index contributed by atoms with van der Waals surface area (Å²) in [6.07, 6.45) is -0.520. The Morgan fingerprint density at radius 1 is 1.39 bits per heavy atom. The number of aliphatic imine (C=N–C) groups is 1. The van der Waals surface area contributed by atoms with E-state index in [0.717, 1.165) is 10.6 Å². The van der Waals surface area contributed by atoms with Crippen molar-refractivity contribution in [3.05, 3.63) is 24.3 Å². The molecule has 2 heterocycles. The number of hydrogen-bond acceptors (Lipinski definition) is 8. The largest absolute Gasteiger partial charge is 0.392 e. The summed E-state index contributed by atoms with van der Waals surface area (Å²) in [5, 5.41) is 25.4. The van der Waals surface area contributed by atoms with Crippen LogP contribution in [0.1, 0.15) is 26.2 Å². The lowest BCUT2D eigenvalue weighted by Crippen LogP contribution is -2.53. The van der Waals surface area contributed by atoms with Crippen molar-refractivity contribution < 1.29 is 19.8 Å². The van der Waals surface area contributed by atoms with Gasteiger partial charge in [0, 0.05) is 23.7 Å². The molecule has 0 aromatic heterocycles. The molecule has 0 saturated carbocycles. The monoisotopic (exact) mass is 450 g/mol. The van der Waals surface area contributed by atoms with Gasteiger partial charge in [0.05, 0.1) is 18.2 Å². The summed E-state index contributed by atoms with van der Waals surface area (Å²) in [6, 6.07) is 6.18. The summed E-state index contributed by atoms with van der Waals surface area (Å²) in [5.74, 6) is -0.567. The molecule has 8 N–H and O–H groups in total. The van der Waals surface area contributed by atoms with Gasteiger partial charge in [0.25, 0.3) is 0 Å². The fourth-order valence-electron chi connectivity index (χ4n) is 3.86. The maximum atomic E-state index is 13.3. The van der Waals surface area contributed by atoms with E-state index in [-0.39, 0.29) is 24.7 Å². The molecular weight excluding hydrogens is 420 g/mol. The summed E-state index contributed by atoms with van der Waals surface area (Å²) in [7, 11) is 0. The van der Waals surface area contributed by atoms with Crippen molar-refractivity contribution in [1.82, 2.24) is 10.2 Å². The Bertz CT molecular complexity index is 807. The van der Waals surface area contributed by atoms with Crippen molar-refractivity contribution in [1.29, 1.82) is 0 Å². The van der Waals surface area contributed by atoms with E-state index < -0.39 is 35.7 Å². The number of rotatable bonds is 9. The number of nitrogens with two attached hydrogens (primary N) is 2. The van der Waals surface area contributed by atoms with E-state index >= 15 is 0 Å². The molecule has 0 radical (unpaired) electrons. The molecule has 1 amide bonds. The number of hydrogen-bond donors (Lipinski definition) is 6. The first-order chi connectivity index (χ1) is 14.8. The van der Waals surface area contributed by atoms with Crippen molar-refractivity contribution in [3.63, 3.8) is 0 Å². The maximum absolute atomic E-state index is 13.3. The van der Waals surface area contributed by atoms with Crippen LogP contribution in [-0.4, -0.2) is 75.6 Å². The zero-order valence-corrected chi connectivity index (χ0v) is 18.2. The summed E-state index contributed by atoms with van der Waals surface area (Å²) >= 11 is 1.41. The highest BCUT2D eigenvalue weighted by Crippen LogP contribution is 2.38. The van der Waals surface area contributed by atoms with Gasteiger partial charge >= 0.3 is 0 Å². The third-order valence-electron chi connectivity index (χ3n) is 5.38. The molecule has 1 aromatic carbocycles. The fraction of sp³-hybridized carbons (Fsp3) is 0.550. The Balaban J connectivity index is 1.69. The molecule has 0 aliphatic carbocycles. The zero-order valence-electron chi connectivity index (χ0n) is 17.4. The summed E-state index contributed by atoms with van der Waals surface area (Å²) in [5.41, 5.74) is 11.6. The Morgan fingerprint density at radius 3 is 2.81 bits per heavy atom. The molecule has 170 valence electrons. The average molecular weight is 451 g/mol. The number of β-amino-alcohol motifs (C(OH)–C–C–N with tert-alkyl or cyclic N) is 1. The number of benzene rings is 1. The van der Waals surface area contributed by atoms with Crippen LogP contribution in [0.4, 0.5) is 5.69 Å². The molecule has 3 rings (SSSR count). The normalized spacial score (nSPS) is 24.7. The van der Waals surface area contributed by atoms with Crippen LogP contribution in [-0.2, 0) is 9.59 Å². The molecule has 10 nitrogen and oxygen atoms in total.